The molecular weight excluding hydrogens is 453 g/mol. The molecular formula is C16H9BrF5N5O. The lowest BCUT2D eigenvalue weighted by Crippen LogP contribution is -2.21. The van der Waals surface area contributed by atoms with Crippen LogP contribution >= 0.6 is 15.9 Å². The lowest BCUT2D eigenvalue weighted by Gasteiger charge is -2.13. The number of nitrogens with two attached hydrogens (primary N) is 1. The first-order chi connectivity index (χ1) is 13.0. The highest BCUT2D eigenvalue weighted by Crippen LogP contribution is 2.38. The van der Waals surface area contributed by atoms with Crippen molar-refractivity contribution in [2.45, 2.75) is 6.18 Å². The van der Waals surface area contributed by atoms with Crippen LogP contribution in [0, 0.1) is 28.4 Å². The second-order valence-corrected chi connectivity index (χ2v) is 5.97. The van der Waals surface area contributed by atoms with E-state index in [1.54, 1.807) is 6.07 Å². The van der Waals surface area contributed by atoms with E-state index in [9.17, 15) is 22.0 Å². The van der Waals surface area contributed by atoms with Gasteiger partial charge in [0.25, 0.3) is 0 Å². The van der Waals surface area contributed by atoms with Crippen LogP contribution in [0.2, 0.25) is 0 Å². The predicted octanol–water partition coefficient (Wildman–Crippen LogP) is 4.77. The second kappa shape index (κ2) is 8.22. The zero-order chi connectivity index (χ0) is 21.1. The van der Waals surface area contributed by atoms with E-state index in [0.29, 0.717) is 0 Å². The summed E-state index contributed by atoms with van der Waals surface area (Å²) in [6.07, 6.45) is -4.92. The van der Waals surface area contributed by atoms with Crippen molar-refractivity contribution in [1.29, 1.82) is 10.7 Å². The number of halogens is 6. The normalized spacial score (nSPS) is 11.7. The van der Waals surface area contributed by atoms with Crippen LogP contribution in [0.4, 0.5) is 27.6 Å². The number of nitrogens with zero attached hydrogens (tertiary/aromatic N) is 2. The maximum absolute atomic E-state index is 14.0. The SMILES string of the molecule is N#C/C(=N\Nc1ccc(Br)c(Oc2c(F)cc(C(F)(F)F)cc2F)c1)C(=N)N. The number of ether oxygens (including phenoxy) is 1. The van der Waals surface area contributed by atoms with Crippen molar-refractivity contribution in [3.63, 3.8) is 0 Å². The molecule has 0 atom stereocenters. The summed E-state index contributed by atoms with van der Waals surface area (Å²) in [4.78, 5) is 0. The van der Waals surface area contributed by atoms with Crippen LogP contribution in [-0.4, -0.2) is 11.5 Å². The number of hydrogen-bond acceptors (Lipinski definition) is 5. The fourth-order valence-electron chi connectivity index (χ4n) is 1.85. The van der Waals surface area contributed by atoms with Crippen molar-refractivity contribution < 1.29 is 26.7 Å². The van der Waals surface area contributed by atoms with Crippen molar-refractivity contribution in [2.24, 2.45) is 10.8 Å². The summed E-state index contributed by atoms with van der Waals surface area (Å²) in [6.45, 7) is 0. The van der Waals surface area contributed by atoms with Crippen molar-refractivity contribution in [1.82, 2.24) is 0 Å². The number of nitrogens with one attached hydrogen (secondary N) is 2. The van der Waals surface area contributed by atoms with Crippen LogP contribution in [0.25, 0.3) is 0 Å². The van der Waals surface area contributed by atoms with E-state index in [4.69, 9.17) is 21.1 Å². The van der Waals surface area contributed by atoms with Crippen LogP contribution in [0.15, 0.2) is 39.9 Å². The van der Waals surface area contributed by atoms with Crippen molar-refractivity contribution in [2.75, 3.05) is 5.43 Å². The molecule has 0 radical (unpaired) electrons. The molecule has 28 heavy (non-hydrogen) atoms. The zero-order valence-corrected chi connectivity index (χ0v) is 15.1. The topological polar surface area (TPSA) is 107 Å². The molecule has 0 heterocycles. The second-order valence-electron chi connectivity index (χ2n) is 5.11. The largest absolute Gasteiger partial charge is 0.450 e. The minimum absolute atomic E-state index is 0.116. The Morgan fingerprint density at radius 1 is 1.21 bits per heavy atom. The van der Waals surface area contributed by atoms with Gasteiger partial charge in [0.2, 0.25) is 5.71 Å². The fraction of sp³-hybridized carbons (Fsp3) is 0.0625. The Hall–Kier alpha value is -3.20. The lowest BCUT2D eigenvalue weighted by atomic mass is 10.2. The Balaban J connectivity index is 2.35. The minimum atomic E-state index is -4.92. The Labute approximate surface area is 163 Å². The maximum atomic E-state index is 14.0. The summed E-state index contributed by atoms with van der Waals surface area (Å²) in [7, 11) is 0. The predicted molar refractivity (Wildman–Crippen MR) is 94.2 cm³/mol. The highest BCUT2D eigenvalue weighted by atomic mass is 79.9. The van der Waals surface area contributed by atoms with Gasteiger partial charge in [-0.05, 0) is 40.2 Å². The lowest BCUT2D eigenvalue weighted by molar-refractivity contribution is -0.138. The molecule has 12 heteroatoms. The number of amidine groups is 1. The third-order valence-corrected chi connectivity index (χ3v) is 3.78. The Kier molecular flexibility index (Phi) is 6.19. The van der Waals surface area contributed by atoms with Crippen molar-refractivity contribution in [3.8, 4) is 17.6 Å². The van der Waals surface area contributed by atoms with Crippen LogP contribution < -0.4 is 15.9 Å². The van der Waals surface area contributed by atoms with Gasteiger partial charge < -0.3 is 10.5 Å². The van der Waals surface area contributed by atoms with E-state index in [1.807, 2.05) is 0 Å². The smallest absolute Gasteiger partial charge is 0.416 e. The standard InChI is InChI=1S/C16H9BrF5N5O/c17-9-2-1-8(26-27-12(6-23)15(24)25)5-13(9)28-14-10(18)3-7(4-11(14)19)16(20,21)22/h1-5,26H,(H3,24,25)/b27-12+. The number of hydrogen-bond donors (Lipinski definition) is 3. The molecule has 0 bridgehead atoms. The van der Waals surface area contributed by atoms with E-state index < -0.39 is 40.7 Å². The van der Waals surface area contributed by atoms with E-state index >= 15 is 0 Å². The Morgan fingerprint density at radius 2 is 1.82 bits per heavy atom. The van der Waals surface area contributed by atoms with Gasteiger partial charge in [-0.3, -0.25) is 10.8 Å². The number of nitriles is 1. The Morgan fingerprint density at radius 3 is 2.32 bits per heavy atom. The summed E-state index contributed by atoms with van der Waals surface area (Å²) in [5.41, 5.74) is 5.81. The molecule has 0 saturated carbocycles. The van der Waals surface area contributed by atoms with E-state index in [0.717, 1.165) is 0 Å². The summed E-state index contributed by atoms with van der Waals surface area (Å²) in [5, 5.41) is 19.5. The molecule has 146 valence electrons. The molecule has 0 amide bonds. The van der Waals surface area contributed by atoms with Crippen LogP contribution in [0.5, 0.6) is 11.5 Å². The van der Waals surface area contributed by atoms with Gasteiger partial charge in [0.1, 0.15) is 11.8 Å². The summed E-state index contributed by atoms with van der Waals surface area (Å²) in [5.74, 6) is -4.86. The molecule has 0 saturated heterocycles. The Bertz CT molecular complexity index is 977. The molecule has 4 N–H and O–H groups in total. The summed E-state index contributed by atoms with van der Waals surface area (Å²) < 4.78 is 71.0. The highest BCUT2D eigenvalue weighted by Gasteiger charge is 2.33. The fourth-order valence-corrected chi connectivity index (χ4v) is 2.18. The van der Waals surface area contributed by atoms with Crippen molar-refractivity contribution in [3.05, 3.63) is 52.0 Å². The number of alkyl halides is 3. The van der Waals surface area contributed by atoms with Gasteiger partial charge in [-0.25, -0.2) is 8.78 Å². The maximum Gasteiger partial charge on any atom is 0.416 e. The quantitative estimate of drug-likeness (QED) is 0.258. The molecule has 0 spiro atoms. The molecule has 0 unspecified atom stereocenters. The van der Waals surface area contributed by atoms with Gasteiger partial charge in [0.05, 0.1) is 15.7 Å². The average Bonchev–Trinajstić information content (AvgIpc) is 2.59. The van der Waals surface area contributed by atoms with Crippen LogP contribution in [-0.2, 0) is 6.18 Å². The molecule has 6 nitrogen and oxygen atoms in total. The highest BCUT2D eigenvalue weighted by molar-refractivity contribution is 9.10. The van der Waals surface area contributed by atoms with E-state index in [-0.39, 0.29) is 28.0 Å². The summed E-state index contributed by atoms with van der Waals surface area (Å²) in [6, 6.07) is 5.85. The first-order valence-corrected chi connectivity index (χ1v) is 7.94. The van der Waals surface area contributed by atoms with Crippen LogP contribution in [0.1, 0.15) is 5.56 Å². The molecule has 2 aromatic rings. The molecule has 0 aromatic heterocycles. The van der Waals surface area contributed by atoms with Gasteiger partial charge >= 0.3 is 6.18 Å². The average molecular weight is 462 g/mol. The molecule has 2 aromatic carbocycles. The minimum Gasteiger partial charge on any atom is -0.450 e. The molecule has 0 aliphatic rings. The third kappa shape index (κ3) is 4.95. The first kappa shape index (κ1) is 21.1. The van der Waals surface area contributed by atoms with Gasteiger partial charge in [0, 0.05) is 6.07 Å². The summed E-state index contributed by atoms with van der Waals surface area (Å²) >= 11 is 3.08. The number of rotatable bonds is 5. The van der Waals surface area contributed by atoms with Gasteiger partial charge in [-0.2, -0.15) is 23.5 Å². The van der Waals surface area contributed by atoms with Gasteiger partial charge in [0.15, 0.2) is 23.2 Å². The molecule has 2 rings (SSSR count). The van der Waals surface area contributed by atoms with E-state index in [2.05, 4.69) is 26.5 Å². The van der Waals surface area contributed by atoms with Crippen molar-refractivity contribution >= 4 is 33.2 Å². The van der Waals surface area contributed by atoms with E-state index in [1.165, 1.54) is 18.2 Å². The number of anilines is 1. The monoisotopic (exact) mass is 461 g/mol. The number of hydrazone groups is 1. The molecule has 0 aliphatic carbocycles. The first-order valence-electron chi connectivity index (χ1n) is 7.14. The number of benzene rings is 2. The van der Waals surface area contributed by atoms with Crippen LogP contribution in [0.3, 0.4) is 0 Å². The third-order valence-electron chi connectivity index (χ3n) is 3.13. The van der Waals surface area contributed by atoms with Gasteiger partial charge in [-0.1, -0.05) is 0 Å². The zero-order valence-electron chi connectivity index (χ0n) is 13.5. The molecule has 0 aliphatic heterocycles. The van der Waals surface area contributed by atoms with Gasteiger partial charge in [-0.15, -0.1) is 0 Å². The molecule has 0 fully saturated rings.